The van der Waals surface area contributed by atoms with E-state index in [0.717, 1.165) is 34.7 Å². The smallest absolute Gasteiger partial charge is 0.322 e. The number of carbonyl (C=O) groups is 3. The fraction of sp³-hybridized carbons (Fsp3) is 0.318. The monoisotopic (exact) mass is 409 g/mol. The molecule has 1 unspecified atom stereocenters. The van der Waals surface area contributed by atoms with Crippen LogP contribution in [-0.2, 0) is 9.59 Å². The fourth-order valence-electron chi connectivity index (χ4n) is 3.92. The van der Waals surface area contributed by atoms with Crippen molar-refractivity contribution < 1.29 is 14.4 Å². The van der Waals surface area contributed by atoms with Crippen molar-refractivity contribution in [3.63, 3.8) is 0 Å². The lowest BCUT2D eigenvalue weighted by molar-refractivity contribution is -0.139. The zero-order valence-corrected chi connectivity index (χ0v) is 16.8. The molecule has 29 heavy (non-hydrogen) atoms. The predicted molar refractivity (Wildman–Crippen MR) is 111 cm³/mol. The molecule has 1 aliphatic heterocycles. The van der Waals surface area contributed by atoms with Crippen molar-refractivity contribution in [1.82, 2.24) is 15.8 Å². The van der Waals surface area contributed by atoms with Gasteiger partial charge in [0.05, 0.1) is 0 Å². The number of hydrazine groups is 1. The number of carbonyl (C=O) groups excluding carboxylic acids is 3. The number of benzene rings is 2. The largest absolute Gasteiger partial charge is 0.344 e. The van der Waals surface area contributed by atoms with Crippen LogP contribution < -0.4 is 10.7 Å². The van der Waals surface area contributed by atoms with Crippen LogP contribution in [0, 0.1) is 0 Å². The maximum Gasteiger partial charge on any atom is 0.344 e. The molecule has 1 heterocycles. The van der Waals surface area contributed by atoms with E-state index in [2.05, 4.69) is 10.7 Å². The second-order valence-electron chi connectivity index (χ2n) is 7.41. The molecule has 150 valence electrons. The van der Waals surface area contributed by atoms with Gasteiger partial charge in [0.2, 0.25) is 0 Å². The summed E-state index contributed by atoms with van der Waals surface area (Å²) in [6.07, 6.45) is 4.07. The molecule has 2 fully saturated rings. The van der Waals surface area contributed by atoms with Gasteiger partial charge in [0.15, 0.2) is 0 Å². The third kappa shape index (κ3) is 4.00. The lowest BCUT2D eigenvalue weighted by atomic mass is 9.82. The van der Waals surface area contributed by atoms with Crippen molar-refractivity contribution in [1.29, 1.82) is 0 Å². The zero-order valence-electron chi connectivity index (χ0n) is 16.0. The van der Waals surface area contributed by atoms with Crippen molar-refractivity contribution in [2.24, 2.45) is 0 Å². The first-order valence-electron chi connectivity index (χ1n) is 9.83. The SMILES string of the molecule is O=C(NN1C(=O)NC2(CCCCC2)C1=O)C(Sc1ccccc1)c1ccccc1. The molecule has 0 bridgehead atoms. The molecule has 7 heteroatoms. The topological polar surface area (TPSA) is 78.5 Å². The summed E-state index contributed by atoms with van der Waals surface area (Å²) >= 11 is 1.38. The highest BCUT2D eigenvalue weighted by Crippen LogP contribution is 2.36. The maximum atomic E-state index is 13.2. The molecule has 2 N–H and O–H groups in total. The number of imide groups is 1. The number of amides is 4. The average molecular weight is 410 g/mol. The quantitative estimate of drug-likeness (QED) is 0.582. The number of thioether (sulfide) groups is 1. The van der Waals surface area contributed by atoms with Gasteiger partial charge in [-0.25, -0.2) is 4.79 Å². The number of hydrogen-bond acceptors (Lipinski definition) is 4. The Morgan fingerprint density at radius 1 is 0.966 bits per heavy atom. The summed E-state index contributed by atoms with van der Waals surface area (Å²) in [5, 5.41) is 3.09. The summed E-state index contributed by atoms with van der Waals surface area (Å²) in [5.41, 5.74) is 2.52. The molecule has 0 radical (unpaired) electrons. The Kier molecular flexibility index (Phi) is 5.58. The van der Waals surface area contributed by atoms with Crippen LogP contribution in [0.2, 0.25) is 0 Å². The van der Waals surface area contributed by atoms with Gasteiger partial charge in [-0.15, -0.1) is 11.8 Å². The van der Waals surface area contributed by atoms with Crippen LogP contribution in [0.3, 0.4) is 0 Å². The molecule has 1 saturated carbocycles. The average Bonchev–Trinajstić information content (AvgIpc) is 2.97. The van der Waals surface area contributed by atoms with E-state index in [1.807, 2.05) is 60.7 Å². The molecule has 0 aromatic heterocycles. The Bertz CT molecular complexity index is 898. The molecule has 1 aliphatic carbocycles. The summed E-state index contributed by atoms with van der Waals surface area (Å²) in [4.78, 5) is 39.5. The van der Waals surface area contributed by atoms with Crippen LogP contribution in [0.5, 0.6) is 0 Å². The first kappa shape index (κ1) is 19.5. The third-order valence-electron chi connectivity index (χ3n) is 5.43. The highest BCUT2D eigenvalue weighted by atomic mass is 32.2. The van der Waals surface area contributed by atoms with E-state index in [1.54, 1.807) is 0 Å². The highest BCUT2D eigenvalue weighted by molar-refractivity contribution is 8.00. The van der Waals surface area contributed by atoms with Crippen molar-refractivity contribution in [2.45, 2.75) is 47.8 Å². The van der Waals surface area contributed by atoms with E-state index in [0.29, 0.717) is 12.8 Å². The molecule has 2 aromatic rings. The molecule has 2 aromatic carbocycles. The second-order valence-corrected chi connectivity index (χ2v) is 8.59. The number of rotatable bonds is 5. The Balaban J connectivity index is 1.55. The first-order valence-corrected chi connectivity index (χ1v) is 10.7. The second kappa shape index (κ2) is 8.29. The summed E-state index contributed by atoms with van der Waals surface area (Å²) < 4.78 is 0. The number of nitrogens with one attached hydrogen (secondary N) is 2. The number of urea groups is 1. The Hall–Kier alpha value is -2.80. The normalized spacial score (nSPS) is 19.1. The molecular formula is C22H23N3O3S. The van der Waals surface area contributed by atoms with Gasteiger partial charge in [-0.05, 0) is 30.5 Å². The summed E-state index contributed by atoms with van der Waals surface area (Å²) in [6, 6.07) is 18.4. The molecule has 6 nitrogen and oxygen atoms in total. The molecular weight excluding hydrogens is 386 g/mol. The van der Waals surface area contributed by atoms with Gasteiger partial charge in [0.1, 0.15) is 10.8 Å². The molecule has 2 aliphatic rings. The predicted octanol–water partition coefficient (Wildman–Crippen LogP) is 3.81. The Labute approximate surface area is 174 Å². The van der Waals surface area contributed by atoms with Crippen LogP contribution in [0.1, 0.15) is 42.9 Å². The Morgan fingerprint density at radius 3 is 2.24 bits per heavy atom. The number of hydrogen-bond donors (Lipinski definition) is 2. The Morgan fingerprint density at radius 2 is 1.59 bits per heavy atom. The molecule has 1 atom stereocenters. The van der Waals surface area contributed by atoms with Crippen molar-refractivity contribution in [3.05, 3.63) is 66.2 Å². The van der Waals surface area contributed by atoms with Gasteiger partial charge in [0, 0.05) is 4.90 Å². The van der Waals surface area contributed by atoms with Gasteiger partial charge in [-0.2, -0.15) is 5.01 Å². The molecule has 4 amide bonds. The van der Waals surface area contributed by atoms with Gasteiger partial charge in [0.25, 0.3) is 11.8 Å². The minimum absolute atomic E-state index is 0.355. The van der Waals surface area contributed by atoms with Gasteiger partial charge in [-0.1, -0.05) is 67.8 Å². The standard InChI is InChI=1S/C22H23N3O3S/c26-19(24-25-20(27)22(23-21(25)28)14-8-3-9-15-22)18(16-10-4-1-5-11-16)29-17-12-6-2-7-13-17/h1-2,4-7,10-13,18H,3,8-9,14-15H2,(H,23,28)(H,24,26). The van der Waals surface area contributed by atoms with Crippen LogP contribution in [0.4, 0.5) is 4.79 Å². The van der Waals surface area contributed by atoms with E-state index < -0.39 is 22.7 Å². The van der Waals surface area contributed by atoms with E-state index in [4.69, 9.17) is 0 Å². The summed E-state index contributed by atoms with van der Waals surface area (Å²) in [6.45, 7) is 0. The van der Waals surface area contributed by atoms with E-state index in [9.17, 15) is 14.4 Å². The zero-order chi connectivity index (χ0) is 20.3. The van der Waals surface area contributed by atoms with E-state index in [-0.39, 0.29) is 5.91 Å². The van der Waals surface area contributed by atoms with Gasteiger partial charge in [-0.3, -0.25) is 15.0 Å². The van der Waals surface area contributed by atoms with Gasteiger partial charge < -0.3 is 5.32 Å². The van der Waals surface area contributed by atoms with Crippen molar-refractivity contribution in [3.8, 4) is 0 Å². The number of nitrogens with zero attached hydrogens (tertiary/aromatic N) is 1. The summed E-state index contributed by atoms with van der Waals surface area (Å²) in [7, 11) is 0. The molecule has 4 rings (SSSR count). The first-order chi connectivity index (χ1) is 14.1. The van der Waals surface area contributed by atoms with Crippen LogP contribution in [0.15, 0.2) is 65.6 Å². The van der Waals surface area contributed by atoms with Crippen molar-refractivity contribution in [2.75, 3.05) is 0 Å². The minimum atomic E-state index is -0.864. The van der Waals surface area contributed by atoms with Crippen molar-refractivity contribution >= 4 is 29.6 Å². The van der Waals surface area contributed by atoms with Gasteiger partial charge >= 0.3 is 6.03 Å². The van der Waals surface area contributed by atoms with E-state index >= 15 is 0 Å². The summed E-state index contributed by atoms with van der Waals surface area (Å²) in [5.74, 6) is -0.756. The molecule has 1 spiro atoms. The van der Waals surface area contributed by atoms with E-state index in [1.165, 1.54) is 11.8 Å². The third-order valence-corrected chi connectivity index (χ3v) is 6.69. The minimum Gasteiger partial charge on any atom is -0.322 e. The maximum absolute atomic E-state index is 13.2. The lowest BCUT2D eigenvalue weighted by Crippen LogP contribution is -2.51. The van der Waals surface area contributed by atoms with Crippen LogP contribution >= 0.6 is 11.8 Å². The lowest BCUT2D eigenvalue weighted by Gasteiger charge is -2.30. The van der Waals surface area contributed by atoms with Crippen LogP contribution in [-0.4, -0.2) is 28.4 Å². The highest BCUT2D eigenvalue weighted by Gasteiger charge is 2.52. The molecule has 1 saturated heterocycles. The van der Waals surface area contributed by atoms with Crippen LogP contribution in [0.25, 0.3) is 0 Å². The fourth-order valence-corrected chi connectivity index (χ4v) is 4.96.